The number of para-hydroxylation sites is 1. The van der Waals surface area contributed by atoms with Crippen LogP contribution in [0.25, 0.3) is 10.9 Å². The molecule has 0 aliphatic carbocycles. The number of anilines is 1. The molecule has 3 aromatic rings. The number of carbonyl (C=O) groups is 2. The number of ether oxygens (including phenoxy) is 1. The summed E-state index contributed by atoms with van der Waals surface area (Å²) in [7, 11) is 0. The fourth-order valence-corrected chi connectivity index (χ4v) is 2.81. The van der Waals surface area contributed by atoms with Crippen LogP contribution in [0.1, 0.15) is 42.9 Å². The van der Waals surface area contributed by atoms with Crippen molar-refractivity contribution in [2.75, 3.05) is 5.32 Å². The van der Waals surface area contributed by atoms with Gasteiger partial charge in [0.05, 0.1) is 17.3 Å². The molecule has 2 aromatic heterocycles. The summed E-state index contributed by atoms with van der Waals surface area (Å²) in [6, 6.07) is 10.8. The summed E-state index contributed by atoms with van der Waals surface area (Å²) in [5.41, 5.74) is 1.81. The molecule has 1 atom stereocenters. The van der Waals surface area contributed by atoms with E-state index in [0.29, 0.717) is 28.0 Å². The zero-order valence-corrected chi connectivity index (χ0v) is 15.8. The highest BCUT2D eigenvalue weighted by Crippen LogP contribution is 2.20. The predicted octanol–water partition coefficient (Wildman–Crippen LogP) is 3.50. The molecule has 7 heteroatoms. The summed E-state index contributed by atoms with van der Waals surface area (Å²) in [5, 5.41) is 7.61. The monoisotopic (exact) mass is 366 g/mol. The van der Waals surface area contributed by atoms with Gasteiger partial charge in [0.1, 0.15) is 5.82 Å². The predicted molar refractivity (Wildman–Crippen MR) is 103 cm³/mol. The Kier molecular flexibility index (Phi) is 5.21. The van der Waals surface area contributed by atoms with E-state index in [1.807, 2.05) is 45.0 Å². The van der Waals surface area contributed by atoms with Gasteiger partial charge >= 0.3 is 5.97 Å². The minimum Gasteiger partial charge on any atom is -0.449 e. The van der Waals surface area contributed by atoms with Crippen LogP contribution in [0.15, 0.2) is 42.6 Å². The lowest BCUT2D eigenvalue weighted by Gasteiger charge is -2.16. The van der Waals surface area contributed by atoms with Gasteiger partial charge in [-0.25, -0.2) is 9.48 Å². The zero-order chi connectivity index (χ0) is 19.6. The number of hydrogen-bond donors (Lipinski definition) is 1. The van der Waals surface area contributed by atoms with E-state index in [4.69, 9.17) is 4.74 Å². The number of benzene rings is 1. The van der Waals surface area contributed by atoms with Crippen LogP contribution in [0.4, 0.5) is 5.82 Å². The molecule has 0 fully saturated rings. The van der Waals surface area contributed by atoms with E-state index >= 15 is 0 Å². The molecule has 27 heavy (non-hydrogen) atoms. The molecule has 140 valence electrons. The second-order valence-electron chi connectivity index (χ2n) is 6.62. The average molecular weight is 366 g/mol. The van der Waals surface area contributed by atoms with E-state index in [2.05, 4.69) is 15.4 Å². The van der Waals surface area contributed by atoms with Crippen LogP contribution in [0.5, 0.6) is 0 Å². The van der Waals surface area contributed by atoms with Gasteiger partial charge in [0.2, 0.25) is 0 Å². The second-order valence-corrected chi connectivity index (χ2v) is 6.62. The summed E-state index contributed by atoms with van der Waals surface area (Å²) in [4.78, 5) is 29.5. The Labute approximate surface area is 157 Å². The van der Waals surface area contributed by atoms with Gasteiger partial charge < -0.3 is 10.1 Å². The number of rotatable bonds is 5. The molecule has 0 spiro atoms. The van der Waals surface area contributed by atoms with Crippen LogP contribution < -0.4 is 5.32 Å². The van der Waals surface area contributed by atoms with Gasteiger partial charge in [0.15, 0.2) is 6.10 Å². The van der Waals surface area contributed by atoms with Crippen LogP contribution in [-0.2, 0) is 9.53 Å². The third-order valence-electron chi connectivity index (χ3n) is 4.13. The Morgan fingerprint density at radius 2 is 1.89 bits per heavy atom. The molecule has 0 aliphatic rings. The standard InChI is InChI=1S/C20H22N4O3/c1-12(2)24-18(9-10-21-24)23-19(25)14(4)27-20(26)16-11-13(3)22-17-8-6-5-7-15(16)17/h5-12,14H,1-4H3,(H,23,25)/t14-/m0/s1. The molecule has 0 bridgehead atoms. The van der Waals surface area contributed by atoms with Gasteiger partial charge in [-0.2, -0.15) is 5.10 Å². The van der Waals surface area contributed by atoms with Crippen molar-refractivity contribution in [3.8, 4) is 0 Å². The summed E-state index contributed by atoms with van der Waals surface area (Å²) in [6.07, 6.45) is 0.651. The van der Waals surface area contributed by atoms with Crippen molar-refractivity contribution >= 4 is 28.6 Å². The van der Waals surface area contributed by atoms with Crippen LogP contribution in [0.3, 0.4) is 0 Å². The number of fused-ring (bicyclic) bond motifs is 1. The quantitative estimate of drug-likeness (QED) is 0.699. The van der Waals surface area contributed by atoms with Crippen molar-refractivity contribution in [2.45, 2.75) is 39.8 Å². The SMILES string of the molecule is Cc1cc(C(=O)O[C@@H](C)C(=O)Nc2ccnn2C(C)C)c2ccccc2n1. The number of aromatic nitrogens is 3. The Hall–Kier alpha value is -3.22. The lowest BCUT2D eigenvalue weighted by atomic mass is 10.1. The smallest absolute Gasteiger partial charge is 0.339 e. The van der Waals surface area contributed by atoms with Gasteiger partial charge in [-0.1, -0.05) is 18.2 Å². The Morgan fingerprint density at radius 1 is 1.15 bits per heavy atom. The maximum Gasteiger partial charge on any atom is 0.339 e. The van der Waals surface area contributed by atoms with Gasteiger partial charge in [0.25, 0.3) is 5.91 Å². The molecule has 0 radical (unpaired) electrons. The number of amides is 1. The van der Waals surface area contributed by atoms with E-state index in [9.17, 15) is 9.59 Å². The lowest BCUT2D eigenvalue weighted by molar-refractivity contribution is -0.123. The number of nitrogens with zero attached hydrogens (tertiary/aromatic N) is 3. The summed E-state index contributed by atoms with van der Waals surface area (Å²) >= 11 is 0. The first-order valence-electron chi connectivity index (χ1n) is 8.78. The highest BCUT2D eigenvalue weighted by atomic mass is 16.5. The Bertz CT molecular complexity index is 994. The number of pyridine rings is 1. The first kappa shape index (κ1) is 18.6. The van der Waals surface area contributed by atoms with Crippen LogP contribution in [-0.4, -0.2) is 32.7 Å². The third-order valence-corrected chi connectivity index (χ3v) is 4.13. The number of hydrogen-bond acceptors (Lipinski definition) is 5. The molecule has 1 aromatic carbocycles. The van der Waals surface area contributed by atoms with Crippen molar-refractivity contribution in [3.05, 3.63) is 53.9 Å². The van der Waals surface area contributed by atoms with Crippen LogP contribution >= 0.6 is 0 Å². The van der Waals surface area contributed by atoms with Crippen LogP contribution in [0.2, 0.25) is 0 Å². The first-order chi connectivity index (χ1) is 12.9. The molecule has 0 saturated heterocycles. The van der Waals surface area contributed by atoms with Crippen molar-refractivity contribution < 1.29 is 14.3 Å². The maximum absolute atomic E-state index is 12.7. The highest BCUT2D eigenvalue weighted by Gasteiger charge is 2.22. The van der Waals surface area contributed by atoms with E-state index in [1.54, 1.807) is 29.9 Å². The zero-order valence-electron chi connectivity index (χ0n) is 15.8. The number of esters is 1. The minimum atomic E-state index is -0.958. The molecule has 1 N–H and O–H groups in total. The van der Waals surface area contributed by atoms with Gasteiger partial charge in [-0.05, 0) is 39.8 Å². The molecule has 0 aliphatic heterocycles. The lowest BCUT2D eigenvalue weighted by Crippen LogP contribution is -2.31. The third kappa shape index (κ3) is 3.97. The molecule has 7 nitrogen and oxygen atoms in total. The molecule has 3 rings (SSSR count). The maximum atomic E-state index is 12.7. The average Bonchev–Trinajstić information content (AvgIpc) is 3.09. The van der Waals surface area contributed by atoms with Crippen molar-refractivity contribution in [1.82, 2.24) is 14.8 Å². The van der Waals surface area contributed by atoms with Gasteiger partial charge in [-0.3, -0.25) is 9.78 Å². The molecular weight excluding hydrogens is 344 g/mol. The Balaban J connectivity index is 1.76. The van der Waals surface area contributed by atoms with E-state index < -0.39 is 18.0 Å². The van der Waals surface area contributed by atoms with E-state index in [1.165, 1.54) is 0 Å². The van der Waals surface area contributed by atoms with Gasteiger partial charge in [0, 0.05) is 23.2 Å². The molecular formula is C20H22N4O3. The molecule has 0 saturated carbocycles. The molecule has 1 amide bonds. The van der Waals surface area contributed by atoms with Crippen molar-refractivity contribution in [1.29, 1.82) is 0 Å². The topological polar surface area (TPSA) is 86.1 Å². The van der Waals surface area contributed by atoms with Crippen molar-refractivity contribution in [2.24, 2.45) is 0 Å². The minimum absolute atomic E-state index is 0.0966. The first-order valence-corrected chi connectivity index (χ1v) is 8.78. The summed E-state index contributed by atoms with van der Waals surface area (Å²) in [6.45, 7) is 7.28. The molecule has 2 heterocycles. The second kappa shape index (κ2) is 7.57. The number of nitrogens with one attached hydrogen (secondary N) is 1. The fourth-order valence-electron chi connectivity index (χ4n) is 2.81. The van der Waals surface area contributed by atoms with Crippen molar-refractivity contribution in [3.63, 3.8) is 0 Å². The fraction of sp³-hybridized carbons (Fsp3) is 0.300. The van der Waals surface area contributed by atoms with E-state index in [0.717, 1.165) is 0 Å². The Morgan fingerprint density at radius 3 is 2.63 bits per heavy atom. The summed E-state index contributed by atoms with van der Waals surface area (Å²) < 4.78 is 7.09. The number of carbonyl (C=O) groups excluding carboxylic acids is 2. The highest BCUT2D eigenvalue weighted by molar-refractivity contribution is 6.04. The van der Waals surface area contributed by atoms with Gasteiger partial charge in [-0.15, -0.1) is 0 Å². The summed E-state index contributed by atoms with van der Waals surface area (Å²) in [5.74, 6) is -0.416. The normalized spacial score (nSPS) is 12.2. The van der Waals surface area contributed by atoms with Crippen LogP contribution in [0, 0.1) is 6.92 Å². The van der Waals surface area contributed by atoms with E-state index in [-0.39, 0.29) is 6.04 Å². The number of aryl methyl sites for hydroxylation is 1. The molecule has 0 unspecified atom stereocenters. The largest absolute Gasteiger partial charge is 0.449 e.